The van der Waals surface area contributed by atoms with Crippen LogP contribution in [0.25, 0.3) is 0 Å². The molecule has 6 nitrogen and oxygen atoms in total. The molecule has 1 aromatic rings. The summed E-state index contributed by atoms with van der Waals surface area (Å²) < 4.78 is 12.3. The Morgan fingerprint density at radius 3 is 2.76 bits per heavy atom. The summed E-state index contributed by atoms with van der Waals surface area (Å²) in [5.41, 5.74) is 1.74. The standard InChI is InChI=1S/C14H17BrN2O4/c1-10-7-13(11(15)8-12(10)17(18)19)16-4-2-3-14(9-16)20-5-6-21-14/h7-8H,2-6,9H2,1H3. The fourth-order valence-corrected chi connectivity index (χ4v) is 3.60. The number of rotatable bonds is 2. The lowest BCUT2D eigenvalue weighted by Gasteiger charge is -2.40. The van der Waals surface area contributed by atoms with E-state index in [0.717, 1.165) is 29.5 Å². The van der Waals surface area contributed by atoms with Gasteiger partial charge in [0.1, 0.15) is 0 Å². The first-order valence-electron chi connectivity index (χ1n) is 6.98. The van der Waals surface area contributed by atoms with Gasteiger partial charge in [0, 0.05) is 29.1 Å². The van der Waals surface area contributed by atoms with E-state index in [2.05, 4.69) is 20.8 Å². The van der Waals surface area contributed by atoms with E-state index >= 15 is 0 Å². The highest BCUT2D eigenvalue weighted by molar-refractivity contribution is 9.10. The van der Waals surface area contributed by atoms with Crippen LogP contribution in [0, 0.1) is 17.0 Å². The SMILES string of the molecule is Cc1cc(N2CCCC3(C2)OCCO3)c(Br)cc1[N+](=O)[O-]. The highest BCUT2D eigenvalue weighted by Crippen LogP contribution is 2.38. The van der Waals surface area contributed by atoms with Crippen LogP contribution < -0.4 is 4.90 Å². The molecule has 0 unspecified atom stereocenters. The predicted molar refractivity (Wildman–Crippen MR) is 81.6 cm³/mol. The predicted octanol–water partition coefficient (Wildman–Crippen LogP) is 3.01. The van der Waals surface area contributed by atoms with Crippen LogP contribution in [0.3, 0.4) is 0 Å². The van der Waals surface area contributed by atoms with Gasteiger partial charge in [0.15, 0.2) is 5.79 Å². The van der Waals surface area contributed by atoms with E-state index in [9.17, 15) is 10.1 Å². The molecule has 3 rings (SSSR count). The lowest BCUT2D eigenvalue weighted by Crippen LogP contribution is -2.49. The monoisotopic (exact) mass is 356 g/mol. The van der Waals surface area contributed by atoms with Crippen molar-refractivity contribution in [2.75, 3.05) is 31.2 Å². The van der Waals surface area contributed by atoms with Crippen molar-refractivity contribution in [2.24, 2.45) is 0 Å². The molecule has 2 aliphatic rings. The Balaban J connectivity index is 1.89. The van der Waals surface area contributed by atoms with Gasteiger partial charge in [-0.2, -0.15) is 0 Å². The van der Waals surface area contributed by atoms with Crippen LogP contribution in [-0.2, 0) is 9.47 Å². The Kier molecular flexibility index (Phi) is 3.90. The van der Waals surface area contributed by atoms with Gasteiger partial charge >= 0.3 is 0 Å². The summed E-state index contributed by atoms with van der Waals surface area (Å²) in [6, 6.07) is 3.43. The Labute approximate surface area is 131 Å². The molecule has 0 saturated carbocycles. The molecule has 0 amide bonds. The second-order valence-electron chi connectivity index (χ2n) is 5.48. The molecule has 1 aromatic carbocycles. The van der Waals surface area contributed by atoms with Gasteiger partial charge in [-0.3, -0.25) is 10.1 Å². The first-order chi connectivity index (χ1) is 10.0. The summed E-state index contributed by atoms with van der Waals surface area (Å²) >= 11 is 3.45. The van der Waals surface area contributed by atoms with Gasteiger partial charge in [-0.25, -0.2) is 0 Å². The average molecular weight is 357 g/mol. The molecule has 21 heavy (non-hydrogen) atoms. The van der Waals surface area contributed by atoms with E-state index < -0.39 is 5.79 Å². The molecule has 0 radical (unpaired) electrons. The molecule has 0 N–H and O–H groups in total. The van der Waals surface area contributed by atoms with E-state index in [-0.39, 0.29) is 10.6 Å². The van der Waals surface area contributed by atoms with Crippen LogP contribution in [0.4, 0.5) is 11.4 Å². The second-order valence-corrected chi connectivity index (χ2v) is 6.33. The van der Waals surface area contributed by atoms with E-state index in [4.69, 9.17) is 9.47 Å². The molecule has 0 atom stereocenters. The van der Waals surface area contributed by atoms with Crippen molar-refractivity contribution in [3.05, 3.63) is 32.3 Å². The lowest BCUT2D eigenvalue weighted by molar-refractivity contribution is -0.385. The smallest absolute Gasteiger partial charge is 0.273 e. The average Bonchev–Trinajstić information content (AvgIpc) is 2.88. The number of nitro groups is 1. The second kappa shape index (κ2) is 5.55. The third-order valence-electron chi connectivity index (χ3n) is 4.03. The zero-order valence-electron chi connectivity index (χ0n) is 11.8. The Morgan fingerprint density at radius 1 is 1.38 bits per heavy atom. The lowest BCUT2D eigenvalue weighted by atomic mass is 10.0. The first kappa shape index (κ1) is 14.7. The van der Waals surface area contributed by atoms with E-state index in [0.29, 0.717) is 25.3 Å². The molecule has 1 spiro atoms. The molecule has 7 heteroatoms. The highest BCUT2D eigenvalue weighted by atomic mass is 79.9. The zero-order chi connectivity index (χ0) is 15.0. The maximum atomic E-state index is 11.0. The fourth-order valence-electron chi connectivity index (χ4n) is 3.02. The van der Waals surface area contributed by atoms with E-state index in [1.54, 1.807) is 13.0 Å². The molecule has 2 heterocycles. The molecule has 2 saturated heterocycles. The Hall–Kier alpha value is -1.18. The summed E-state index contributed by atoms with van der Waals surface area (Å²) in [7, 11) is 0. The summed E-state index contributed by atoms with van der Waals surface area (Å²) in [5, 5.41) is 11.0. The summed E-state index contributed by atoms with van der Waals surface area (Å²) in [6.45, 7) is 4.58. The van der Waals surface area contributed by atoms with Crippen molar-refractivity contribution in [3.8, 4) is 0 Å². The van der Waals surface area contributed by atoms with Gasteiger partial charge in [-0.15, -0.1) is 0 Å². The number of hydrogen-bond donors (Lipinski definition) is 0. The van der Waals surface area contributed by atoms with Crippen LogP contribution in [-0.4, -0.2) is 37.0 Å². The van der Waals surface area contributed by atoms with E-state index in [1.165, 1.54) is 0 Å². The van der Waals surface area contributed by atoms with Gasteiger partial charge in [0.2, 0.25) is 0 Å². The minimum Gasteiger partial charge on any atom is -0.365 e. The zero-order valence-corrected chi connectivity index (χ0v) is 13.4. The molecular formula is C14H17BrN2O4. The highest BCUT2D eigenvalue weighted by Gasteiger charge is 2.41. The van der Waals surface area contributed by atoms with Gasteiger partial charge in [0.25, 0.3) is 5.69 Å². The van der Waals surface area contributed by atoms with E-state index in [1.807, 2.05) is 6.07 Å². The van der Waals surface area contributed by atoms with Gasteiger partial charge in [-0.05, 0) is 35.3 Å². The third-order valence-corrected chi connectivity index (χ3v) is 4.67. The fraction of sp³-hybridized carbons (Fsp3) is 0.571. The Morgan fingerprint density at radius 2 is 2.10 bits per heavy atom. The number of hydrogen-bond acceptors (Lipinski definition) is 5. The third kappa shape index (κ3) is 2.77. The topological polar surface area (TPSA) is 64.8 Å². The summed E-state index contributed by atoms with van der Waals surface area (Å²) in [6.07, 6.45) is 1.87. The first-order valence-corrected chi connectivity index (χ1v) is 7.77. The van der Waals surface area contributed by atoms with Crippen molar-refractivity contribution < 1.29 is 14.4 Å². The quantitative estimate of drug-likeness (QED) is 0.601. The van der Waals surface area contributed by atoms with Crippen molar-refractivity contribution in [2.45, 2.75) is 25.6 Å². The number of piperidine rings is 1. The number of aryl methyl sites for hydroxylation is 1. The number of anilines is 1. The summed E-state index contributed by atoms with van der Waals surface area (Å²) in [4.78, 5) is 12.8. The molecular weight excluding hydrogens is 340 g/mol. The number of ether oxygens (including phenoxy) is 2. The minimum atomic E-state index is -0.507. The molecule has 0 aromatic heterocycles. The maximum Gasteiger partial charge on any atom is 0.273 e. The van der Waals surface area contributed by atoms with Crippen molar-refractivity contribution in [1.29, 1.82) is 0 Å². The minimum absolute atomic E-state index is 0.130. The molecule has 0 aliphatic carbocycles. The van der Waals surface area contributed by atoms with Crippen LogP contribution in [0.15, 0.2) is 16.6 Å². The van der Waals surface area contributed by atoms with Crippen LogP contribution in [0.1, 0.15) is 18.4 Å². The van der Waals surface area contributed by atoms with Gasteiger partial charge in [-0.1, -0.05) is 0 Å². The van der Waals surface area contributed by atoms with Gasteiger partial charge in [0.05, 0.1) is 30.4 Å². The van der Waals surface area contributed by atoms with Crippen LogP contribution in [0.5, 0.6) is 0 Å². The molecule has 2 fully saturated rings. The number of nitrogens with zero attached hydrogens (tertiary/aromatic N) is 2. The molecule has 0 bridgehead atoms. The number of nitro benzene ring substituents is 1. The van der Waals surface area contributed by atoms with Crippen molar-refractivity contribution in [3.63, 3.8) is 0 Å². The Bertz CT molecular complexity index is 572. The largest absolute Gasteiger partial charge is 0.365 e. The van der Waals surface area contributed by atoms with Crippen molar-refractivity contribution in [1.82, 2.24) is 0 Å². The number of halogens is 1. The molecule has 114 valence electrons. The number of benzene rings is 1. The normalized spacial score (nSPS) is 21.0. The van der Waals surface area contributed by atoms with Crippen molar-refractivity contribution >= 4 is 27.3 Å². The van der Waals surface area contributed by atoms with Gasteiger partial charge < -0.3 is 14.4 Å². The summed E-state index contributed by atoms with van der Waals surface area (Å²) in [5.74, 6) is -0.507. The van der Waals surface area contributed by atoms with Crippen LogP contribution >= 0.6 is 15.9 Å². The van der Waals surface area contributed by atoms with Crippen LogP contribution in [0.2, 0.25) is 0 Å². The maximum absolute atomic E-state index is 11.0. The molecule has 2 aliphatic heterocycles.